The van der Waals surface area contributed by atoms with Gasteiger partial charge in [-0.05, 0) is 25.2 Å². The van der Waals surface area contributed by atoms with Gasteiger partial charge in [-0.3, -0.25) is 4.79 Å². The van der Waals surface area contributed by atoms with Gasteiger partial charge >= 0.3 is 5.97 Å². The van der Waals surface area contributed by atoms with Crippen molar-refractivity contribution in [2.24, 2.45) is 11.8 Å². The van der Waals surface area contributed by atoms with Crippen LogP contribution in [0.25, 0.3) is 0 Å². The Balaban J connectivity index is 2.56. The molecule has 4 heteroatoms. The van der Waals surface area contributed by atoms with Crippen LogP contribution in [0.15, 0.2) is 0 Å². The van der Waals surface area contributed by atoms with E-state index < -0.39 is 17.5 Å². The fourth-order valence-electron chi connectivity index (χ4n) is 2.77. The molecule has 1 unspecified atom stereocenters. The molecule has 0 spiro atoms. The highest BCUT2D eigenvalue weighted by Gasteiger charge is 2.42. The highest BCUT2D eigenvalue weighted by Crippen LogP contribution is 2.32. The Morgan fingerprint density at radius 1 is 1.35 bits per heavy atom. The molecule has 0 saturated carbocycles. The lowest BCUT2D eigenvalue weighted by Crippen LogP contribution is -2.51. The van der Waals surface area contributed by atoms with Crippen molar-refractivity contribution >= 4 is 5.97 Å². The molecule has 0 aromatic heterocycles. The normalized spacial score (nSPS) is 22.6. The minimum absolute atomic E-state index is 0.496. The topological polar surface area (TPSA) is 60.8 Å². The number of rotatable bonds is 5. The highest BCUT2D eigenvalue weighted by molar-refractivity contribution is 5.71. The molecule has 100 valence electrons. The number of piperidine rings is 1. The second-order valence-electron chi connectivity index (χ2n) is 5.60. The van der Waals surface area contributed by atoms with Crippen molar-refractivity contribution in [2.75, 3.05) is 19.6 Å². The molecule has 1 atom stereocenters. The zero-order chi connectivity index (χ0) is 13.1. The molecule has 0 aromatic carbocycles. The molecule has 1 fully saturated rings. The van der Waals surface area contributed by atoms with Gasteiger partial charge in [0.2, 0.25) is 0 Å². The van der Waals surface area contributed by atoms with E-state index in [4.69, 9.17) is 5.11 Å². The lowest BCUT2D eigenvalue weighted by molar-refractivity contribution is -0.156. The number of carboxylic acid groups (broad SMARTS) is 1. The maximum absolute atomic E-state index is 11.1. The van der Waals surface area contributed by atoms with Crippen LogP contribution in [0.3, 0.4) is 0 Å². The Bertz CT molecular complexity index is 257. The number of hydrogen-bond donors (Lipinski definition) is 2. The lowest BCUT2D eigenvalue weighted by Gasteiger charge is -2.41. The van der Waals surface area contributed by atoms with Crippen LogP contribution in [0.5, 0.6) is 0 Å². The van der Waals surface area contributed by atoms with Gasteiger partial charge in [-0.25, -0.2) is 0 Å². The van der Waals surface area contributed by atoms with E-state index in [0.717, 1.165) is 19.6 Å². The molecule has 4 nitrogen and oxygen atoms in total. The lowest BCUT2D eigenvalue weighted by atomic mass is 9.78. The van der Waals surface area contributed by atoms with Gasteiger partial charge < -0.3 is 15.1 Å². The fraction of sp³-hybridized carbons (Fsp3) is 0.923. The third kappa shape index (κ3) is 3.68. The van der Waals surface area contributed by atoms with Crippen LogP contribution in [0.1, 0.15) is 40.0 Å². The molecule has 1 saturated heterocycles. The zero-order valence-electron chi connectivity index (χ0n) is 11.1. The third-order valence-electron chi connectivity index (χ3n) is 3.70. The standard InChI is InChI=1S/C13H25NO3/c1-4-11(12(15)16)13(17)5-7-14(8-6-13)9-10(2)3/h10-11,17H,4-9H2,1-3H3,(H,15,16). The molecule has 0 aromatic rings. The molecule has 0 aliphatic carbocycles. The van der Waals surface area contributed by atoms with Crippen LogP contribution in [0, 0.1) is 11.8 Å². The summed E-state index contributed by atoms with van der Waals surface area (Å²) >= 11 is 0. The van der Waals surface area contributed by atoms with Crippen LogP contribution in [-0.4, -0.2) is 46.3 Å². The van der Waals surface area contributed by atoms with E-state index in [0.29, 0.717) is 25.2 Å². The summed E-state index contributed by atoms with van der Waals surface area (Å²) in [7, 11) is 0. The average Bonchev–Trinajstić information content (AvgIpc) is 2.21. The number of aliphatic hydroxyl groups is 1. The summed E-state index contributed by atoms with van der Waals surface area (Å²) < 4.78 is 0. The van der Waals surface area contributed by atoms with Crippen LogP contribution in [0.4, 0.5) is 0 Å². The summed E-state index contributed by atoms with van der Waals surface area (Å²) in [5.41, 5.74) is -1.01. The van der Waals surface area contributed by atoms with Crippen LogP contribution < -0.4 is 0 Å². The smallest absolute Gasteiger partial charge is 0.309 e. The van der Waals surface area contributed by atoms with Crippen molar-refractivity contribution in [3.05, 3.63) is 0 Å². The molecule has 1 aliphatic rings. The van der Waals surface area contributed by atoms with Gasteiger partial charge in [0, 0.05) is 19.6 Å². The average molecular weight is 243 g/mol. The van der Waals surface area contributed by atoms with Crippen molar-refractivity contribution in [1.82, 2.24) is 4.90 Å². The SMILES string of the molecule is CCC(C(=O)O)C1(O)CCN(CC(C)C)CC1. The summed E-state index contributed by atoms with van der Waals surface area (Å²) in [4.78, 5) is 13.4. The first kappa shape index (κ1) is 14.5. The van der Waals surface area contributed by atoms with Gasteiger partial charge in [-0.2, -0.15) is 0 Å². The minimum atomic E-state index is -1.01. The second-order valence-corrected chi connectivity index (χ2v) is 5.60. The molecule has 0 radical (unpaired) electrons. The Hall–Kier alpha value is -0.610. The van der Waals surface area contributed by atoms with Gasteiger partial charge in [0.05, 0.1) is 11.5 Å². The van der Waals surface area contributed by atoms with E-state index in [1.807, 2.05) is 6.92 Å². The van der Waals surface area contributed by atoms with E-state index in [1.54, 1.807) is 0 Å². The predicted molar refractivity (Wildman–Crippen MR) is 66.9 cm³/mol. The molecule has 0 bridgehead atoms. The largest absolute Gasteiger partial charge is 0.481 e. The molecule has 0 amide bonds. The van der Waals surface area contributed by atoms with E-state index in [-0.39, 0.29) is 0 Å². The summed E-state index contributed by atoms with van der Waals surface area (Å²) in [6, 6.07) is 0. The molecule has 1 rings (SSSR count). The maximum atomic E-state index is 11.1. The zero-order valence-corrected chi connectivity index (χ0v) is 11.1. The molecule has 1 heterocycles. The number of hydrogen-bond acceptors (Lipinski definition) is 3. The van der Waals surface area contributed by atoms with Gasteiger partial charge in [0.25, 0.3) is 0 Å². The second kappa shape index (κ2) is 5.83. The number of carbonyl (C=O) groups is 1. The quantitative estimate of drug-likeness (QED) is 0.769. The van der Waals surface area contributed by atoms with Crippen molar-refractivity contribution in [3.8, 4) is 0 Å². The van der Waals surface area contributed by atoms with Crippen molar-refractivity contribution in [3.63, 3.8) is 0 Å². The molecule has 17 heavy (non-hydrogen) atoms. The Kier molecular flexibility index (Phi) is 4.95. The number of aliphatic carboxylic acids is 1. The van der Waals surface area contributed by atoms with E-state index in [9.17, 15) is 9.90 Å². The Labute approximate surface area is 104 Å². The number of nitrogens with zero attached hydrogens (tertiary/aromatic N) is 1. The number of likely N-dealkylation sites (tertiary alicyclic amines) is 1. The first-order chi connectivity index (χ1) is 7.89. The van der Waals surface area contributed by atoms with Crippen LogP contribution in [-0.2, 0) is 4.79 Å². The number of carboxylic acids is 1. The van der Waals surface area contributed by atoms with Gasteiger partial charge in [-0.15, -0.1) is 0 Å². The van der Waals surface area contributed by atoms with Gasteiger partial charge in [0.1, 0.15) is 0 Å². The van der Waals surface area contributed by atoms with Crippen molar-refractivity contribution in [1.29, 1.82) is 0 Å². The Morgan fingerprint density at radius 3 is 2.24 bits per heavy atom. The summed E-state index contributed by atoms with van der Waals surface area (Å²) in [6.07, 6.45) is 1.64. The van der Waals surface area contributed by atoms with Crippen molar-refractivity contribution in [2.45, 2.75) is 45.6 Å². The molecule has 2 N–H and O–H groups in total. The van der Waals surface area contributed by atoms with Crippen LogP contribution in [0.2, 0.25) is 0 Å². The van der Waals surface area contributed by atoms with Gasteiger partial charge in [0.15, 0.2) is 0 Å². The maximum Gasteiger partial charge on any atom is 0.309 e. The summed E-state index contributed by atoms with van der Waals surface area (Å²) in [5, 5.41) is 19.6. The molecule has 1 aliphatic heterocycles. The monoisotopic (exact) mass is 243 g/mol. The van der Waals surface area contributed by atoms with Crippen LogP contribution >= 0.6 is 0 Å². The highest BCUT2D eigenvalue weighted by atomic mass is 16.4. The molecular weight excluding hydrogens is 218 g/mol. The van der Waals surface area contributed by atoms with E-state index in [1.165, 1.54) is 0 Å². The van der Waals surface area contributed by atoms with Gasteiger partial charge in [-0.1, -0.05) is 20.8 Å². The third-order valence-corrected chi connectivity index (χ3v) is 3.70. The van der Waals surface area contributed by atoms with Crippen molar-refractivity contribution < 1.29 is 15.0 Å². The Morgan fingerprint density at radius 2 is 1.88 bits per heavy atom. The first-order valence-electron chi connectivity index (χ1n) is 6.56. The summed E-state index contributed by atoms with van der Waals surface area (Å²) in [6.45, 7) is 8.81. The predicted octanol–water partition coefficient (Wildman–Crippen LogP) is 1.58. The first-order valence-corrected chi connectivity index (χ1v) is 6.56. The van der Waals surface area contributed by atoms with E-state index >= 15 is 0 Å². The summed E-state index contributed by atoms with van der Waals surface area (Å²) in [5.74, 6) is -0.876. The fourth-order valence-corrected chi connectivity index (χ4v) is 2.77. The molecular formula is C13H25NO3. The van der Waals surface area contributed by atoms with E-state index in [2.05, 4.69) is 18.7 Å². The minimum Gasteiger partial charge on any atom is -0.481 e.